The van der Waals surface area contributed by atoms with Crippen LogP contribution in [0.4, 0.5) is 0 Å². The molecule has 1 aromatic rings. The molecule has 0 aromatic heterocycles. The molecular formula is C19H32BrN3O2. The Labute approximate surface area is 160 Å². The second kappa shape index (κ2) is 12.1. The van der Waals surface area contributed by atoms with Crippen molar-refractivity contribution in [3.8, 4) is 5.75 Å². The van der Waals surface area contributed by atoms with Crippen LogP contribution in [0.1, 0.15) is 39.2 Å². The Morgan fingerprint density at radius 2 is 2.08 bits per heavy atom. The minimum atomic E-state index is 0.229. The van der Waals surface area contributed by atoms with Gasteiger partial charge in [0, 0.05) is 19.7 Å². The van der Waals surface area contributed by atoms with Crippen LogP contribution in [-0.4, -0.2) is 37.9 Å². The number of hydrogen-bond acceptors (Lipinski definition) is 3. The molecule has 6 heteroatoms. The first-order valence-corrected chi connectivity index (χ1v) is 9.74. The molecule has 1 rings (SSSR count). The molecule has 0 spiro atoms. The second-order valence-corrected chi connectivity index (χ2v) is 7.41. The van der Waals surface area contributed by atoms with Gasteiger partial charge in [-0.1, -0.05) is 19.9 Å². The monoisotopic (exact) mass is 413 g/mol. The van der Waals surface area contributed by atoms with Gasteiger partial charge in [0.05, 0.1) is 18.1 Å². The Hall–Kier alpha value is -1.27. The Bertz CT molecular complexity index is 535. The number of aliphatic hydroxyl groups excluding tert-OH is 1. The van der Waals surface area contributed by atoms with Crippen LogP contribution in [0.15, 0.2) is 27.7 Å². The predicted molar refractivity (Wildman–Crippen MR) is 108 cm³/mol. The SMILES string of the molecule is CCNC(=NCc1ccc(OC)c(Br)c1)NCC(CCO)CC(C)C. The molecule has 0 fully saturated rings. The highest BCUT2D eigenvalue weighted by molar-refractivity contribution is 9.10. The van der Waals surface area contributed by atoms with Crippen molar-refractivity contribution in [1.29, 1.82) is 0 Å². The van der Waals surface area contributed by atoms with E-state index >= 15 is 0 Å². The number of halogens is 1. The molecule has 3 N–H and O–H groups in total. The average Bonchev–Trinajstić information content (AvgIpc) is 2.57. The third-order valence-corrected chi connectivity index (χ3v) is 4.50. The van der Waals surface area contributed by atoms with Crippen LogP contribution in [0.25, 0.3) is 0 Å². The lowest BCUT2D eigenvalue weighted by Crippen LogP contribution is -2.40. The number of rotatable bonds is 10. The zero-order valence-electron chi connectivity index (χ0n) is 15.8. The highest BCUT2D eigenvalue weighted by atomic mass is 79.9. The number of nitrogens with one attached hydrogen (secondary N) is 2. The summed E-state index contributed by atoms with van der Waals surface area (Å²) in [6.07, 6.45) is 1.91. The quantitative estimate of drug-likeness (QED) is 0.405. The maximum Gasteiger partial charge on any atom is 0.191 e. The largest absolute Gasteiger partial charge is 0.496 e. The minimum Gasteiger partial charge on any atom is -0.496 e. The van der Waals surface area contributed by atoms with Crippen LogP contribution in [0.5, 0.6) is 5.75 Å². The number of aliphatic hydroxyl groups is 1. The van der Waals surface area contributed by atoms with Crippen molar-refractivity contribution in [2.45, 2.75) is 40.2 Å². The van der Waals surface area contributed by atoms with Crippen LogP contribution in [-0.2, 0) is 6.54 Å². The summed E-state index contributed by atoms with van der Waals surface area (Å²) in [6, 6.07) is 5.98. The van der Waals surface area contributed by atoms with Gasteiger partial charge >= 0.3 is 0 Å². The number of methoxy groups -OCH3 is 1. The molecule has 142 valence electrons. The number of benzene rings is 1. The Morgan fingerprint density at radius 3 is 2.64 bits per heavy atom. The topological polar surface area (TPSA) is 65.9 Å². The zero-order valence-corrected chi connectivity index (χ0v) is 17.4. The molecule has 0 amide bonds. The fourth-order valence-corrected chi connectivity index (χ4v) is 3.30. The lowest BCUT2D eigenvalue weighted by atomic mass is 9.94. The molecule has 5 nitrogen and oxygen atoms in total. The highest BCUT2D eigenvalue weighted by Gasteiger charge is 2.11. The summed E-state index contributed by atoms with van der Waals surface area (Å²) in [7, 11) is 1.66. The van der Waals surface area contributed by atoms with Crippen LogP contribution in [0.2, 0.25) is 0 Å². The van der Waals surface area contributed by atoms with Gasteiger partial charge in [-0.3, -0.25) is 0 Å². The van der Waals surface area contributed by atoms with E-state index in [1.807, 2.05) is 18.2 Å². The number of guanidine groups is 1. The number of ether oxygens (including phenoxy) is 1. The van der Waals surface area contributed by atoms with Crippen LogP contribution in [0.3, 0.4) is 0 Å². The first-order valence-electron chi connectivity index (χ1n) is 8.95. The van der Waals surface area contributed by atoms with E-state index in [2.05, 4.69) is 52.3 Å². The maximum atomic E-state index is 9.25. The van der Waals surface area contributed by atoms with Gasteiger partial charge in [-0.2, -0.15) is 0 Å². The van der Waals surface area contributed by atoms with Gasteiger partial charge in [-0.15, -0.1) is 0 Å². The van der Waals surface area contributed by atoms with Crippen molar-refractivity contribution >= 4 is 21.9 Å². The molecule has 0 saturated carbocycles. The van der Waals surface area contributed by atoms with E-state index in [9.17, 15) is 5.11 Å². The molecule has 0 saturated heterocycles. The number of hydrogen-bond donors (Lipinski definition) is 3. The van der Waals surface area contributed by atoms with Crippen molar-refractivity contribution in [2.75, 3.05) is 26.8 Å². The Kier molecular flexibility index (Phi) is 10.6. The van der Waals surface area contributed by atoms with Crippen molar-refractivity contribution in [1.82, 2.24) is 10.6 Å². The van der Waals surface area contributed by atoms with Gasteiger partial charge < -0.3 is 20.5 Å². The third-order valence-electron chi connectivity index (χ3n) is 3.88. The number of aliphatic imine (C=N–C) groups is 1. The van der Waals surface area contributed by atoms with Crippen LogP contribution in [0, 0.1) is 11.8 Å². The first kappa shape index (κ1) is 21.8. The van der Waals surface area contributed by atoms with Gasteiger partial charge in [-0.05, 0) is 65.2 Å². The molecule has 1 atom stereocenters. The summed E-state index contributed by atoms with van der Waals surface area (Å²) in [5, 5.41) is 15.9. The van der Waals surface area contributed by atoms with Gasteiger partial charge in [0.15, 0.2) is 5.96 Å². The summed E-state index contributed by atoms with van der Waals surface area (Å²) < 4.78 is 6.19. The van der Waals surface area contributed by atoms with Crippen molar-refractivity contribution < 1.29 is 9.84 Å². The molecular weight excluding hydrogens is 382 g/mol. The van der Waals surface area contributed by atoms with E-state index in [0.29, 0.717) is 18.4 Å². The van der Waals surface area contributed by atoms with Crippen molar-refractivity contribution in [3.05, 3.63) is 28.2 Å². The fraction of sp³-hybridized carbons (Fsp3) is 0.632. The number of nitrogens with zero attached hydrogens (tertiary/aromatic N) is 1. The molecule has 0 aliphatic heterocycles. The normalized spacial score (nSPS) is 13.0. The Morgan fingerprint density at radius 1 is 1.32 bits per heavy atom. The Balaban J connectivity index is 2.67. The lowest BCUT2D eigenvalue weighted by Gasteiger charge is -2.20. The van der Waals surface area contributed by atoms with E-state index in [4.69, 9.17) is 4.74 Å². The summed E-state index contributed by atoms with van der Waals surface area (Å²) in [5.74, 6) is 2.69. The molecule has 0 heterocycles. The molecule has 0 radical (unpaired) electrons. The molecule has 0 aliphatic carbocycles. The predicted octanol–water partition coefficient (Wildman–Crippen LogP) is 3.56. The van der Waals surface area contributed by atoms with Crippen LogP contribution >= 0.6 is 15.9 Å². The smallest absolute Gasteiger partial charge is 0.191 e. The van der Waals surface area contributed by atoms with E-state index in [1.54, 1.807) is 7.11 Å². The summed E-state index contributed by atoms with van der Waals surface area (Å²) >= 11 is 3.51. The first-order chi connectivity index (χ1) is 12.0. The average molecular weight is 414 g/mol. The van der Waals surface area contributed by atoms with Gasteiger partial charge in [0.2, 0.25) is 0 Å². The maximum absolute atomic E-state index is 9.25. The summed E-state index contributed by atoms with van der Waals surface area (Å²) in [6.45, 7) is 8.93. The van der Waals surface area contributed by atoms with E-state index in [1.165, 1.54) is 0 Å². The molecule has 1 aromatic carbocycles. The van der Waals surface area contributed by atoms with Crippen LogP contribution < -0.4 is 15.4 Å². The summed E-state index contributed by atoms with van der Waals surface area (Å²) in [5.41, 5.74) is 1.11. The molecule has 25 heavy (non-hydrogen) atoms. The molecule has 0 aliphatic rings. The molecule has 1 unspecified atom stereocenters. The standard InChI is InChI=1S/C19H32BrN3O2/c1-5-21-19(23-13-16(8-9-24)10-14(2)3)22-12-15-6-7-18(25-4)17(20)11-15/h6-7,11,14,16,24H,5,8-10,12-13H2,1-4H3,(H2,21,22,23). The van der Waals surface area contributed by atoms with Gasteiger partial charge in [-0.25, -0.2) is 4.99 Å². The van der Waals surface area contributed by atoms with Gasteiger partial charge in [0.25, 0.3) is 0 Å². The highest BCUT2D eigenvalue weighted by Crippen LogP contribution is 2.25. The van der Waals surface area contributed by atoms with Gasteiger partial charge in [0.1, 0.15) is 5.75 Å². The second-order valence-electron chi connectivity index (χ2n) is 6.55. The zero-order chi connectivity index (χ0) is 18.7. The van der Waals surface area contributed by atoms with E-state index in [0.717, 1.165) is 47.7 Å². The fourth-order valence-electron chi connectivity index (χ4n) is 2.71. The third kappa shape index (κ3) is 8.59. The van der Waals surface area contributed by atoms with Crippen molar-refractivity contribution in [2.24, 2.45) is 16.8 Å². The lowest BCUT2D eigenvalue weighted by molar-refractivity contribution is 0.243. The van der Waals surface area contributed by atoms with E-state index in [-0.39, 0.29) is 6.61 Å². The van der Waals surface area contributed by atoms with E-state index < -0.39 is 0 Å². The molecule has 0 bridgehead atoms. The minimum absolute atomic E-state index is 0.229. The van der Waals surface area contributed by atoms with Crippen molar-refractivity contribution in [3.63, 3.8) is 0 Å². The summed E-state index contributed by atoms with van der Waals surface area (Å²) in [4.78, 5) is 4.66.